The zero-order chi connectivity index (χ0) is 19.9. The summed E-state index contributed by atoms with van der Waals surface area (Å²) in [7, 11) is 0. The number of thiophene rings is 1. The van der Waals surface area contributed by atoms with Crippen LogP contribution in [0.1, 0.15) is 70.6 Å². The highest BCUT2D eigenvalue weighted by molar-refractivity contribution is 7.10. The van der Waals surface area contributed by atoms with Crippen LogP contribution < -0.4 is 0 Å². The molecule has 4 heteroatoms. The lowest BCUT2D eigenvalue weighted by Gasteiger charge is -2.64. The summed E-state index contributed by atoms with van der Waals surface area (Å²) in [5.41, 5.74) is -0.883. The van der Waals surface area contributed by atoms with Crippen LogP contribution in [0, 0.1) is 40.4 Å². The standard InChI is InChI=1S/C24H36O3S/c1-14-6-9-22(2)15-7-10-23(3)16(19(15)21(26)20(25)17(22)13-14)8-11-24(23,27)18-5-4-12-28-18/h4-5,12,14-17,19-21,25-27H,6-11,13H2,1-3H3/t14-,15-,16-,17+,19?,20+,21?,22+,23-,24+/m0/s1. The average molecular weight is 405 g/mol. The van der Waals surface area contributed by atoms with Crippen LogP contribution in [0.15, 0.2) is 17.5 Å². The number of aliphatic hydroxyl groups excluding tert-OH is 2. The number of aliphatic hydroxyl groups is 3. The molecule has 4 aliphatic carbocycles. The summed E-state index contributed by atoms with van der Waals surface area (Å²) in [6.45, 7) is 6.96. The van der Waals surface area contributed by atoms with E-state index < -0.39 is 17.8 Å². The molecule has 1 aromatic heterocycles. The molecule has 0 aliphatic heterocycles. The van der Waals surface area contributed by atoms with Gasteiger partial charge < -0.3 is 15.3 Å². The molecular formula is C24H36O3S. The molecular weight excluding hydrogens is 368 g/mol. The van der Waals surface area contributed by atoms with Crippen molar-refractivity contribution >= 4 is 11.3 Å². The van der Waals surface area contributed by atoms with Crippen LogP contribution in [0.5, 0.6) is 0 Å². The van der Waals surface area contributed by atoms with E-state index in [9.17, 15) is 15.3 Å². The third-order valence-electron chi connectivity index (χ3n) is 10.1. The lowest BCUT2D eigenvalue weighted by molar-refractivity contribution is -0.229. The molecule has 4 aliphatic rings. The molecule has 0 spiro atoms. The van der Waals surface area contributed by atoms with Gasteiger partial charge in [-0.3, -0.25) is 0 Å². The maximum atomic E-state index is 11.8. The summed E-state index contributed by atoms with van der Waals surface area (Å²) in [4.78, 5) is 1.08. The fourth-order valence-electron chi connectivity index (χ4n) is 8.40. The Labute approximate surface area is 173 Å². The van der Waals surface area contributed by atoms with Crippen molar-refractivity contribution in [3.8, 4) is 0 Å². The third-order valence-corrected chi connectivity index (χ3v) is 11.1. The van der Waals surface area contributed by atoms with Crippen LogP contribution in [-0.2, 0) is 5.60 Å². The van der Waals surface area contributed by atoms with Gasteiger partial charge in [0, 0.05) is 10.3 Å². The van der Waals surface area contributed by atoms with E-state index in [-0.39, 0.29) is 28.6 Å². The van der Waals surface area contributed by atoms with Gasteiger partial charge in [-0.15, -0.1) is 11.3 Å². The minimum Gasteiger partial charge on any atom is -0.390 e. The summed E-state index contributed by atoms with van der Waals surface area (Å²) >= 11 is 1.66. The van der Waals surface area contributed by atoms with Gasteiger partial charge in [-0.05, 0) is 85.0 Å². The molecule has 3 nitrogen and oxygen atoms in total. The molecule has 0 aromatic carbocycles. The van der Waals surface area contributed by atoms with Crippen LogP contribution in [0.25, 0.3) is 0 Å². The first-order valence-corrected chi connectivity index (χ1v) is 12.2. The molecule has 0 amide bonds. The molecule has 4 saturated carbocycles. The van der Waals surface area contributed by atoms with Gasteiger partial charge in [-0.25, -0.2) is 0 Å². The van der Waals surface area contributed by atoms with Crippen molar-refractivity contribution in [2.24, 2.45) is 40.4 Å². The molecule has 156 valence electrons. The van der Waals surface area contributed by atoms with Gasteiger partial charge in [0.05, 0.1) is 12.2 Å². The van der Waals surface area contributed by atoms with Crippen molar-refractivity contribution in [3.63, 3.8) is 0 Å². The first kappa shape index (κ1) is 19.5. The summed E-state index contributed by atoms with van der Waals surface area (Å²) in [5.74, 6) is 1.71. The van der Waals surface area contributed by atoms with Gasteiger partial charge in [-0.1, -0.05) is 33.3 Å². The molecule has 4 fully saturated rings. The highest BCUT2D eigenvalue weighted by Gasteiger charge is 2.68. The summed E-state index contributed by atoms with van der Waals surface area (Å²) in [6.07, 6.45) is 5.99. The van der Waals surface area contributed by atoms with Crippen molar-refractivity contribution in [2.75, 3.05) is 0 Å². The Morgan fingerprint density at radius 3 is 2.43 bits per heavy atom. The molecule has 0 saturated heterocycles. The Balaban J connectivity index is 1.54. The summed E-state index contributed by atoms with van der Waals surface area (Å²) in [5, 5.41) is 36.5. The van der Waals surface area contributed by atoms with E-state index in [1.807, 2.05) is 6.07 Å². The van der Waals surface area contributed by atoms with Crippen molar-refractivity contribution in [1.29, 1.82) is 0 Å². The largest absolute Gasteiger partial charge is 0.390 e. The van der Waals surface area contributed by atoms with Gasteiger partial charge in [0.15, 0.2) is 0 Å². The number of rotatable bonds is 1. The van der Waals surface area contributed by atoms with E-state index >= 15 is 0 Å². The van der Waals surface area contributed by atoms with Crippen LogP contribution >= 0.6 is 11.3 Å². The van der Waals surface area contributed by atoms with Gasteiger partial charge >= 0.3 is 0 Å². The van der Waals surface area contributed by atoms with Crippen molar-refractivity contribution < 1.29 is 15.3 Å². The van der Waals surface area contributed by atoms with Gasteiger partial charge in [0.2, 0.25) is 0 Å². The second-order valence-corrected chi connectivity index (χ2v) is 12.0. The monoisotopic (exact) mass is 404 g/mol. The number of fused-ring (bicyclic) bond motifs is 5. The van der Waals surface area contributed by atoms with E-state index in [0.717, 1.165) is 37.0 Å². The smallest absolute Gasteiger partial charge is 0.104 e. The predicted molar refractivity (Wildman–Crippen MR) is 112 cm³/mol. The Kier molecular flexibility index (Phi) is 4.39. The second-order valence-electron chi connectivity index (χ2n) is 11.1. The Hall–Kier alpha value is -0.420. The van der Waals surface area contributed by atoms with Crippen LogP contribution in [0.2, 0.25) is 0 Å². The quantitative estimate of drug-likeness (QED) is 0.643. The SMILES string of the molecule is C[C@H]1CC[C@@]2(C)[C@H](C1)[C@@H](O)C(O)C1[C@@H]2CC[C@@]2(C)[C@H]1CC[C@@]2(O)c1cccs1. The van der Waals surface area contributed by atoms with E-state index in [4.69, 9.17) is 0 Å². The van der Waals surface area contributed by atoms with E-state index in [1.165, 1.54) is 12.8 Å². The average Bonchev–Trinajstić information content (AvgIpc) is 3.29. The first-order chi connectivity index (χ1) is 13.2. The van der Waals surface area contributed by atoms with Gasteiger partial charge in [-0.2, -0.15) is 0 Å². The second kappa shape index (κ2) is 6.29. The molecule has 5 rings (SSSR count). The summed E-state index contributed by atoms with van der Waals surface area (Å²) in [6, 6.07) is 4.12. The topological polar surface area (TPSA) is 60.7 Å². The molecule has 1 aromatic rings. The van der Waals surface area contributed by atoms with Crippen molar-refractivity contribution in [3.05, 3.63) is 22.4 Å². The molecule has 0 radical (unpaired) electrons. The molecule has 3 N–H and O–H groups in total. The van der Waals surface area contributed by atoms with Gasteiger partial charge in [0.25, 0.3) is 0 Å². The zero-order valence-electron chi connectivity index (χ0n) is 17.5. The number of hydrogen-bond donors (Lipinski definition) is 3. The first-order valence-electron chi connectivity index (χ1n) is 11.3. The van der Waals surface area contributed by atoms with Crippen molar-refractivity contribution in [1.82, 2.24) is 0 Å². The fraction of sp³-hybridized carbons (Fsp3) is 0.833. The molecule has 0 bridgehead atoms. The van der Waals surface area contributed by atoms with Crippen LogP contribution in [0.4, 0.5) is 0 Å². The van der Waals surface area contributed by atoms with Crippen LogP contribution in [-0.4, -0.2) is 27.5 Å². The molecule has 2 unspecified atom stereocenters. The predicted octanol–water partition coefficient (Wildman–Crippen LogP) is 4.56. The minimum atomic E-state index is -0.791. The third kappa shape index (κ3) is 2.32. The Bertz CT molecular complexity index is 734. The normalized spacial score (nSPS) is 56.0. The van der Waals surface area contributed by atoms with E-state index in [0.29, 0.717) is 11.8 Å². The minimum absolute atomic E-state index is 0.109. The van der Waals surface area contributed by atoms with Gasteiger partial charge in [0.1, 0.15) is 5.60 Å². The zero-order valence-corrected chi connectivity index (χ0v) is 18.3. The van der Waals surface area contributed by atoms with Crippen molar-refractivity contribution in [2.45, 2.75) is 83.5 Å². The summed E-state index contributed by atoms with van der Waals surface area (Å²) < 4.78 is 0. The maximum Gasteiger partial charge on any atom is 0.104 e. The maximum absolute atomic E-state index is 11.8. The molecule has 10 atom stereocenters. The molecule has 28 heavy (non-hydrogen) atoms. The molecule has 1 heterocycles. The van der Waals surface area contributed by atoms with E-state index in [2.05, 4.69) is 32.2 Å². The van der Waals surface area contributed by atoms with Crippen LogP contribution in [0.3, 0.4) is 0 Å². The Morgan fingerprint density at radius 2 is 1.71 bits per heavy atom. The Morgan fingerprint density at radius 1 is 0.964 bits per heavy atom. The number of hydrogen-bond acceptors (Lipinski definition) is 4. The highest BCUT2D eigenvalue weighted by Crippen LogP contribution is 2.70. The lowest BCUT2D eigenvalue weighted by atomic mass is 9.42. The fourth-order valence-corrected chi connectivity index (χ4v) is 9.39. The lowest BCUT2D eigenvalue weighted by Crippen LogP contribution is -2.64. The van der Waals surface area contributed by atoms with E-state index in [1.54, 1.807) is 11.3 Å². The highest BCUT2D eigenvalue weighted by atomic mass is 32.1.